The van der Waals surface area contributed by atoms with Crippen LogP contribution in [0.15, 0.2) is 64.5 Å². The van der Waals surface area contributed by atoms with Gasteiger partial charge >= 0.3 is 0 Å². The molecule has 1 heterocycles. The molecule has 32 heavy (non-hydrogen) atoms. The van der Waals surface area contributed by atoms with Gasteiger partial charge in [-0.25, -0.2) is 4.39 Å². The second-order valence-electron chi connectivity index (χ2n) is 7.75. The van der Waals surface area contributed by atoms with Crippen molar-refractivity contribution in [3.8, 4) is 0 Å². The number of rotatable bonds is 10. The molecule has 4 nitrogen and oxygen atoms in total. The number of carbonyl (C=O) groups excluding carboxylic acids is 2. The van der Waals surface area contributed by atoms with Crippen molar-refractivity contribution in [1.82, 2.24) is 4.90 Å². The SMILES string of the molecule is C=C(/C=C\C(Cl)=N/C)SSC1CCN(C(C(=O)C2CC2)c2ccccc2F)C/C1=C/C=O. The zero-order valence-corrected chi connectivity index (χ0v) is 20.3. The van der Waals surface area contributed by atoms with Gasteiger partial charge in [0.15, 0.2) is 5.78 Å². The van der Waals surface area contributed by atoms with Crippen LogP contribution in [0.2, 0.25) is 0 Å². The van der Waals surface area contributed by atoms with Gasteiger partial charge in [-0.05, 0) is 49.1 Å². The summed E-state index contributed by atoms with van der Waals surface area (Å²) in [5.74, 6) is -0.278. The van der Waals surface area contributed by atoms with Crippen LogP contribution in [0.1, 0.15) is 30.9 Å². The molecule has 8 heteroatoms. The lowest BCUT2D eigenvalue weighted by atomic mass is 9.93. The van der Waals surface area contributed by atoms with E-state index in [1.165, 1.54) is 16.9 Å². The number of ketones is 1. The summed E-state index contributed by atoms with van der Waals surface area (Å²) in [6, 6.07) is 5.88. The minimum atomic E-state index is -0.620. The fourth-order valence-electron chi connectivity index (χ4n) is 3.66. The molecule has 1 aliphatic heterocycles. The first-order chi connectivity index (χ1) is 15.4. The first kappa shape index (κ1) is 25.0. The summed E-state index contributed by atoms with van der Waals surface area (Å²) >= 11 is 5.88. The Morgan fingerprint density at radius 3 is 2.72 bits per heavy atom. The molecular formula is C24H26ClFN2O2S2. The van der Waals surface area contributed by atoms with E-state index in [2.05, 4.69) is 11.6 Å². The van der Waals surface area contributed by atoms with E-state index in [1.54, 1.807) is 54.3 Å². The van der Waals surface area contributed by atoms with Crippen LogP contribution < -0.4 is 0 Å². The fraction of sp³-hybridized carbons (Fsp3) is 0.375. The highest BCUT2D eigenvalue weighted by atomic mass is 35.5. The number of carbonyl (C=O) groups is 2. The average Bonchev–Trinajstić information content (AvgIpc) is 3.64. The van der Waals surface area contributed by atoms with Crippen LogP contribution >= 0.6 is 33.2 Å². The Balaban J connectivity index is 1.72. The molecule has 1 aromatic rings. The van der Waals surface area contributed by atoms with Crippen molar-refractivity contribution in [3.05, 3.63) is 70.9 Å². The van der Waals surface area contributed by atoms with E-state index >= 15 is 0 Å². The Kier molecular flexibility index (Phi) is 9.34. The lowest BCUT2D eigenvalue weighted by molar-refractivity contribution is -0.126. The molecule has 0 N–H and O–H groups in total. The number of hydrogen-bond acceptors (Lipinski definition) is 6. The highest BCUT2D eigenvalue weighted by Gasteiger charge is 2.41. The van der Waals surface area contributed by atoms with Crippen LogP contribution in [0.5, 0.6) is 0 Å². The van der Waals surface area contributed by atoms with Gasteiger partial charge in [-0.3, -0.25) is 19.5 Å². The van der Waals surface area contributed by atoms with Gasteiger partial charge in [0.05, 0.1) is 6.04 Å². The summed E-state index contributed by atoms with van der Waals surface area (Å²) < 4.78 is 14.6. The summed E-state index contributed by atoms with van der Waals surface area (Å²) in [4.78, 5) is 31.1. The maximum Gasteiger partial charge on any atom is 0.157 e. The summed E-state index contributed by atoms with van der Waals surface area (Å²) in [6.07, 6.45) is 8.32. The average molecular weight is 493 g/mol. The van der Waals surface area contributed by atoms with E-state index in [4.69, 9.17) is 11.6 Å². The fourth-order valence-corrected chi connectivity index (χ4v) is 6.11. The quantitative estimate of drug-likeness (QED) is 0.136. The molecule has 1 saturated heterocycles. The number of nitrogens with zero attached hydrogens (tertiary/aromatic N) is 2. The van der Waals surface area contributed by atoms with E-state index in [0.29, 0.717) is 23.8 Å². The number of likely N-dealkylation sites (tertiary alicyclic amines) is 1. The van der Waals surface area contributed by atoms with Crippen molar-refractivity contribution in [2.75, 3.05) is 20.1 Å². The minimum Gasteiger partial charge on any atom is -0.299 e. The van der Waals surface area contributed by atoms with Crippen LogP contribution in [0.3, 0.4) is 0 Å². The van der Waals surface area contributed by atoms with E-state index in [1.807, 2.05) is 4.90 Å². The third kappa shape index (κ3) is 6.67. The lowest BCUT2D eigenvalue weighted by Crippen LogP contribution is -2.43. The monoisotopic (exact) mass is 492 g/mol. The van der Waals surface area contributed by atoms with Crippen molar-refractivity contribution in [2.45, 2.75) is 30.6 Å². The molecule has 0 aromatic heterocycles. The predicted molar refractivity (Wildman–Crippen MR) is 134 cm³/mol. The molecular weight excluding hydrogens is 467 g/mol. The summed E-state index contributed by atoms with van der Waals surface area (Å²) in [6.45, 7) is 5.11. The largest absolute Gasteiger partial charge is 0.299 e. The van der Waals surface area contributed by atoms with Gasteiger partial charge in [0, 0.05) is 41.8 Å². The van der Waals surface area contributed by atoms with Crippen LogP contribution in [0, 0.1) is 11.7 Å². The number of benzene rings is 1. The molecule has 1 aliphatic carbocycles. The van der Waals surface area contributed by atoms with Crippen molar-refractivity contribution in [3.63, 3.8) is 0 Å². The molecule has 0 bridgehead atoms. The highest BCUT2D eigenvalue weighted by molar-refractivity contribution is 8.78. The molecule has 0 spiro atoms. The number of aldehydes is 1. The summed E-state index contributed by atoms with van der Waals surface area (Å²) in [5.41, 5.74) is 1.35. The molecule has 2 atom stereocenters. The van der Waals surface area contributed by atoms with E-state index in [9.17, 15) is 14.0 Å². The van der Waals surface area contributed by atoms with Crippen molar-refractivity contribution in [1.29, 1.82) is 0 Å². The molecule has 170 valence electrons. The van der Waals surface area contributed by atoms with Crippen LogP contribution in [0.25, 0.3) is 0 Å². The number of aliphatic imine (C=N–C) groups is 1. The topological polar surface area (TPSA) is 49.7 Å². The maximum absolute atomic E-state index is 14.6. The Morgan fingerprint density at radius 2 is 2.06 bits per heavy atom. The van der Waals surface area contributed by atoms with E-state index < -0.39 is 6.04 Å². The molecule has 0 radical (unpaired) electrons. The Bertz CT molecular complexity index is 959. The molecule has 2 fully saturated rings. The molecule has 1 saturated carbocycles. The van der Waals surface area contributed by atoms with Gasteiger partial charge in [-0.1, -0.05) is 58.0 Å². The van der Waals surface area contributed by atoms with Crippen LogP contribution in [-0.4, -0.2) is 47.5 Å². The van der Waals surface area contributed by atoms with Gasteiger partial charge in [-0.2, -0.15) is 0 Å². The number of halogens is 2. The maximum atomic E-state index is 14.6. The van der Waals surface area contributed by atoms with Crippen molar-refractivity contribution >= 4 is 50.4 Å². The predicted octanol–water partition coefficient (Wildman–Crippen LogP) is 5.76. The molecule has 2 aliphatic rings. The smallest absolute Gasteiger partial charge is 0.157 e. The van der Waals surface area contributed by atoms with Gasteiger partial charge in [-0.15, -0.1) is 0 Å². The molecule has 2 unspecified atom stereocenters. The van der Waals surface area contributed by atoms with Crippen LogP contribution in [0.4, 0.5) is 4.39 Å². The first-order valence-corrected chi connectivity index (χ1v) is 13.0. The van der Waals surface area contributed by atoms with Gasteiger partial charge in [0.2, 0.25) is 0 Å². The molecule has 0 amide bonds. The number of hydrogen-bond donors (Lipinski definition) is 0. The number of piperidine rings is 1. The zero-order chi connectivity index (χ0) is 23.1. The zero-order valence-electron chi connectivity index (χ0n) is 17.9. The Hall–Kier alpha value is -1.67. The molecule has 3 rings (SSSR count). The first-order valence-electron chi connectivity index (χ1n) is 10.4. The van der Waals surface area contributed by atoms with E-state index in [-0.39, 0.29) is 22.8 Å². The second-order valence-corrected chi connectivity index (χ2v) is 10.7. The summed E-state index contributed by atoms with van der Waals surface area (Å²) in [5, 5.41) is 0.491. The highest BCUT2D eigenvalue weighted by Crippen LogP contribution is 2.43. The Morgan fingerprint density at radius 1 is 1.31 bits per heavy atom. The standard InChI is InChI=1S/C24H26ClFN2O2S2/c1-16(7-10-22(25)27-2)31-32-21-11-13-28(15-18(21)12-14-29)23(24(30)17-8-9-17)19-5-3-4-6-20(19)26/h3-7,10,12,14,17,21,23H,1,8-9,11,13,15H2,2H3/b10-7-,18-12-,27-22+. The van der Waals surface area contributed by atoms with Crippen molar-refractivity contribution < 1.29 is 14.0 Å². The van der Waals surface area contributed by atoms with Gasteiger partial charge in [0.1, 0.15) is 17.3 Å². The summed E-state index contributed by atoms with van der Waals surface area (Å²) in [7, 11) is 4.75. The third-order valence-electron chi connectivity index (χ3n) is 5.47. The van der Waals surface area contributed by atoms with Gasteiger partial charge < -0.3 is 0 Å². The minimum absolute atomic E-state index is 0.00866. The van der Waals surface area contributed by atoms with Crippen molar-refractivity contribution in [2.24, 2.45) is 10.9 Å². The normalized spacial score (nSPS) is 22.3. The van der Waals surface area contributed by atoms with Crippen LogP contribution in [-0.2, 0) is 9.59 Å². The molecule has 1 aromatic carbocycles. The number of allylic oxidation sites excluding steroid dienone is 3. The van der Waals surface area contributed by atoms with E-state index in [0.717, 1.165) is 36.0 Å². The lowest BCUT2D eigenvalue weighted by Gasteiger charge is -2.38. The number of Topliss-reactive ketones (excluding diaryl/α,β-unsaturated/α-hetero) is 1. The Labute approximate surface area is 201 Å². The van der Waals surface area contributed by atoms with Gasteiger partial charge in [0.25, 0.3) is 0 Å². The second kappa shape index (κ2) is 12.0. The third-order valence-corrected chi connectivity index (χ3v) is 8.61.